The SMILES string of the molecule is Cc1cnc(N2C(=O)/C(=C/c3ccccc3)N=C2/C=C/c2ccccc2)s1. The van der Waals surface area contributed by atoms with Gasteiger partial charge in [-0.25, -0.2) is 14.9 Å². The van der Waals surface area contributed by atoms with E-state index in [1.54, 1.807) is 17.2 Å². The Morgan fingerprint density at radius 3 is 2.22 bits per heavy atom. The molecule has 27 heavy (non-hydrogen) atoms. The first-order chi connectivity index (χ1) is 13.2. The zero-order valence-electron chi connectivity index (χ0n) is 14.7. The number of anilines is 1. The molecular weight excluding hydrogens is 354 g/mol. The van der Waals surface area contributed by atoms with Gasteiger partial charge in [-0.1, -0.05) is 66.7 Å². The van der Waals surface area contributed by atoms with Crippen LogP contribution in [0.4, 0.5) is 5.13 Å². The summed E-state index contributed by atoms with van der Waals surface area (Å²) in [6.07, 6.45) is 7.38. The molecule has 0 spiro atoms. The van der Waals surface area contributed by atoms with E-state index >= 15 is 0 Å². The molecule has 1 aliphatic rings. The quantitative estimate of drug-likeness (QED) is 0.609. The number of aromatic nitrogens is 1. The molecule has 1 aliphatic heterocycles. The number of thiazole rings is 1. The number of amides is 1. The van der Waals surface area contributed by atoms with E-state index in [9.17, 15) is 4.79 Å². The van der Waals surface area contributed by atoms with Crippen molar-refractivity contribution in [3.05, 3.63) is 94.6 Å². The lowest BCUT2D eigenvalue weighted by molar-refractivity contribution is -0.113. The van der Waals surface area contributed by atoms with Crippen LogP contribution in [0.5, 0.6) is 0 Å². The molecule has 0 bridgehead atoms. The Balaban J connectivity index is 1.73. The Morgan fingerprint density at radius 2 is 1.59 bits per heavy atom. The van der Waals surface area contributed by atoms with Gasteiger partial charge in [0.2, 0.25) is 0 Å². The molecule has 132 valence electrons. The second-order valence-corrected chi connectivity index (χ2v) is 7.26. The van der Waals surface area contributed by atoms with Crippen LogP contribution >= 0.6 is 11.3 Å². The number of hydrogen-bond donors (Lipinski definition) is 0. The topological polar surface area (TPSA) is 45.6 Å². The zero-order valence-corrected chi connectivity index (χ0v) is 15.6. The summed E-state index contributed by atoms with van der Waals surface area (Å²) < 4.78 is 0. The van der Waals surface area contributed by atoms with E-state index < -0.39 is 0 Å². The summed E-state index contributed by atoms with van der Waals surface area (Å²) in [6, 6.07) is 19.7. The maximum atomic E-state index is 13.0. The molecule has 0 atom stereocenters. The van der Waals surface area contributed by atoms with Gasteiger partial charge >= 0.3 is 0 Å². The largest absolute Gasteiger partial charge is 0.284 e. The van der Waals surface area contributed by atoms with Gasteiger partial charge in [-0.15, -0.1) is 11.3 Å². The number of carbonyl (C=O) groups excluding carboxylic acids is 1. The lowest BCUT2D eigenvalue weighted by atomic mass is 10.2. The standard InChI is InChI=1S/C22H17N3OS/c1-16-15-23-22(27-16)25-20(13-12-17-8-4-2-5-9-17)24-19(21(25)26)14-18-10-6-3-7-11-18/h2-15H,1H3/b13-12+,19-14-. The fourth-order valence-electron chi connectivity index (χ4n) is 2.72. The summed E-state index contributed by atoms with van der Waals surface area (Å²) in [5, 5.41) is 0.630. The maximum Gasteiger partial charge on any atom is 0.284 e. The van der Waals surface area contributed by atoms with Gasteiger partial charge in [0.15, 0.2) is 5.13 Å². The molecule has 4 rings (SSSR count). The molecule has 0 aliphatic carbocycles. The molecule has 2 heterocycles. The molecule has 0 unspecified atom stereocenters. The van der Waals surface area contributed by atoms with Gasteiger partial charge in [-0.3, -0.25) is 4.79 Å². The maximum absolute atomic E-state index is 13.0. The molecular formula is C22H17N3OS. The molecule has 4 nitrogen and oxygen atoms in total. The van der Waals surface area contributed by atoms with Gasteiger partial charge in [0.25, 0.3) is 5.91 Å². The van der Waals surface area contributed by atoms with Crippen LogP contribution in [0.1, 0.15) is 16.0 Å². The Kier molecular flexibility index (Phi) is 4.77. The monoisotopic (exact) mass is 371 g/mol. The van der Waals surface area contributed by atoms with E-state index in [1.165, 1.54) is 11.3 Å². The predicted molar refractivity (Wildman–Crippen MR) is 112 cm³/mol. The van der Waals surface area contributed by atoms with Crippen molar-refractivity contribution in [1.82, 2.24) is 4.98 Å². The van der Waals surface area contributed by atoms with Crippen LogP contribution in [0.25, 0.3) is 12.2 Å². The summed E-state index contributed by atoms with van der Waals surface area (Å²) in [4.78, 5) is 24.6. The highest BCUT2D eigenvalue weighted by Crippen LogP contribution is 2.29. The van der Waals surface area contributed by atoms with Crippen LogP contribution in [0.3, 0.4) is 0 Å². The fourth-order valence-corrected chi connectivity index (χ4v) is 3.49. The lowest BCUT2D eigenvalue weighted by Crippen LogP contribution is -2.30. The summed E-state index contributed by atoms with van der Waals surface area (Å²) in [7, 11) is 0. The molecule has 1 aromatic heterocycles. The van der Waals surface area contributed by atoms with E-state index in [4.69, 9.17) is 0 Å². The molecule has 5 heteroatoms. The third kappa shape index (κ3) is 3.78. The van der Waals surface area contributed by atoms with Crippen molar-refractivity contribution >= 4 is 40.4 Å². The minimum atomic E-state index is -0.166. The number of aliphatic imine (C=N–C) groups is 1. The first-order valence-corrected chi connectivity index (χ1v) is 9.38. The Bertz CT molecular complexity index is 1050. The number of amidine groups is 1. The third-order valence-corrected chi connectivity index (χ3v) is 4.91. The van der Waals surface area contributed by atoms with Gasteiger partial charge in [-0.2, -0.15) is 0 Å². The van der Waals surface area contributed by atoms with Crippen molar-refractivity contribution in [2.75, 3.05) is 4.90 Å². The second-order valence-electron chi connectivity index (χ2n) is 6.05. The van der Waals surface area contributed by atoms with E-state index in [1.807, 2.05) is 79.7 Å². The van der Waals surface area contributed by atoms with Gasteiger partial charge < -0.3 is 0 Å². The number of benzene rings is 2. The van der Waals surface area contributed by atoms with E-state index in [2.05, 4.69) is 9.98 Å². The second kappa shape index (κ2) is 7.51. The summed E-state index contributed by atoms with van der Waals surface area (Å²) in [6.45, 7) is 1.97. The molecule has 0 saturated heterocycles. The molecule has 3 aromatic rings. The highest BCUT2D eigenvalue weighted by atomic mass is 32.1. The number of hydrogen-bond acceptors (Lipinski definition) is 4. The molecule has 0 N–H and O–H groups in total. The first kappa shape index (κ1) is 17.1. The highest BCUT2D eigenvalue weighted by molar-refractivity contribution is 7.16. The predicted octanol–water partition coefficient (Wildman–Crippen LogP) is 4.95. The van der Waals surface area contributed by atoms with Crippen molar-refractivity contribution in [3.8, 4) is 0 Å². The van der Waals surface area contributed by atoms with Gasteiger partial charge in [-0.05, 0) is 30.2 Å². The fraction of sp³-hybridized carbons (Fsp3) is 0.0455. The van der Waals surface area contributed by atoms with Gasteiger partial charge in [0.05, 0.1) is 0 Å². The van der Waals surface area contributed by atoms with Crippen molar-refractivity contribution in [2.45, 2.75) is 6.92 Å². The van der Waals surface area contributed by atoms with Gasteiger partial charge in [0, 0.05) is 11.1 Å². The zero-order chi connectivity index (χ0) is 18.6. The number of aryl methyl sites for hydroxylation is 1. The van der Waals surface area contributed by atoms with E-state index in [-0.39, 0.29) is 5.91 Å². The van der Waals surface area contributed by atoms with Crippen molar-refractivity contribution in [3.63, 3.8) is 0 Å². The normalized spacial score (nSPS) is 15.7. The molecule has 0 fully saturated rings. The Hall–Kier alpha value is -3.31. The van der Waals surface area contributed by atoms with Crippen molar-refractivity contribution < 1.29 is 4.79 Å². The van der Waals surface area contributed by atoms with Crippen molar-refractivity contribution in [2.24, 2.45) is 4.99 Å². The lowest BCUT2D eigenvalue weighted by Gasteiger charge is -2.12. The van der Waals surface area contributed by atoms with Crippen LogP contribution in [0, 0.1) is 6.92 Å². The Morgan fingerprint density at radius 1 is 0.926 bits per heavy atom. The van der Waals surface area contributed by atoms with E-state index in [0.717, 1.165) is 16.0 Å². The van der Waals surface area contributed by atoms with E-state index in [0.29, 0.717) is 16.7 Å². The third-order valence-electron chi connectivity index (χ3n) is 4.01. The van der Waals surface area contributed by atoms with Crippen LogP contribution < -0.4 is 4.90 Å². The van der Waals surface area contributed by atoms with Crippen LogP contribution in [-0.2, 0) is 4.79 Å². The van der Waals surface area contributed by atoms with Gasteiger partial charge in [0.1, 0.15) is 11.5 Å². The average molecular weight is 371 g/mol. The van der Waals surface area contributed by atoms with Crippen molar-refractivity contribution in [1.29, 1.82) is 0 Å². The number of rotatable bonds is 4. The number of nitrogens with zero attached hydrogens (tertiary/aromatic N) is 3. The molecule has 0 saturated carbocycles. The molecule has 1 amide bonds. The van der Waals surface area contributed by atoms with Crippen LogP contribution in [0.15, 0.2) is 83.6 Å². The minimum Gasteiger partial charge on any atom is -0.266 e. The summed E-state index contributed by atoms with van der Waals surface area (Å²) in [5.74, 6) is 0.404. The van der Waals surface area contributed by atoms with Crippen LogP contribution in [0.2, 0.25) is 0 Å². The summed E-state index contributed by atoms with van der Waals surface area (Å²) >= 11 is 1.47. The first-order valence-electron chi connectivity index (χ1n) is 8.56. The highest BCUT2D eigenvalue weighted by Gasteiger charge is 2.32. The average Bonchev–Trinajstić information content (AvgIpc) is 3.25. The number of carbonyl (C=O) groups is 1. The molecule has 0 radical (unpaired) electrons. The Labute approximate surface area is 161 Å². The smallest absolute Gasteiger partial charge is 0.266 e. The minimum absolute atomic E-state index is 0.166. The summed E-state index contributed by atoms with van der Waals surface area (Å²) in [5.41, 5.74) is 2.39. The molecule has 2 aromatic carbocycles. The van der Waals surface area contributed by atoms with Crippen LogP contribution in [-0.4, -0.2) is 16.7 Å².